The Labute approximate surface area is 204 Å². The Hall–Kier alpha value is -3.14. The van der Waals surface area contributed by atoms with Crippen LogP contribution in [-0.4, -0.2) is 14.1 Å². The summed E-state index contributed by atoms with van der Waals surface area (Å²) in [6.45, 7) is 12.1. The first-order chi connectivity index (χ1) is 16.5. The molecule has 0 aliphatic carbocycles. The summed E-state index contributed by atoms with van der Waals surface area (Å²) in [5.41, 5.74) is 4.07. The van der Waals surface area contributed by atoms with Gasteiger partial charge in [0.15, 0.2) is 0 Å². The minimum atomic E-state index is 0.396. The average molecular weight is 456 g/mol. The predicted molar refractivity (Wildman–Crippen MR) is 139 cm³/mol. The highest BCUT2D eigenvalue weighted by atomic mass is 15.2. The molecule has 0 N–H and O–H groups in total. The van der Waals surface area contributed by atoms with Crippen LogP contribution in [0.2, 0.25) is 0 Å². The Morgan fingerprint density at radius 1 is 0.853 bits per heavy atom. The third-order valence-electron chi connectivity index (χ3n) is 7.33. The monoisotopic (exact) mass is 455 g/mol. The van der Waals surface area contributed by atoms with Crippen molar-refractivity contribution in [1.82, 2.24) is 14.1 Å². The number of benzene rings is 2. The SMILES string of the molecule is CCC(CC(CC(C)c1ccc(C)cc1)n1ccnc1C)n1cc[n+](Cc2ccccc2)c1C. The Bertz CT molecular complexity index is 1170. The summed E-state index contributed by atoms with van der Waals surface area (Å²) in [4.78, 5) is 4.56. The van der Waals surface area contributed by atoms with E-state index in [0.717, 1.165) is 31.6 Å². The van der Waals surface area contributed by atoms with Gasteiger partial charge in [-0.1, -0.05) is 74.0 Å². The molecule has 0 aliphatic heterocycles. The summed E-state index contributed by atoms with van der Waals surface area (Å²) >= 11 is 0. The van der Waals surface area contributed by atoms with Crippen LogP contribution in [0.3, 0.4) is 0 Å². The van der Waals surface area contributed by atoms with E-state index in [9.17, 15) is 0 Å². The zero-order chi connectivity index (χ0) is 24.1. The van der Waals surface area contributed by atoms with Gasteiger partial charge in [-0.3, -0.25) is 0 Å². The highest BCUT2D eigenvalue weighted by Gasteiger charge is 2.27. The molecule has 4 nitrogen and oxygen atoms in total. The van der Waals surface area contributed by atoms with Crippen LogP contribution in [0.5, 0.6) is 0 Å². The summed E-state index contributed by atoms with van der Waals surface area (Å²) in [6, 6.07) is 20.6. The average Bonchev–Trinajstić information content (AvgIpc) is 3.43. The van der Waals surface area contributed by atoms with Gasteiger partial charge in [0.25, 0.3) is 5.82 Å². The van der Waals surface area contributed by atoms with Gasteiger partial charge in [-0.05, 0) is 43.7 Å². The lowest BCUT2D eigenvalue weighted by Crippen LogP contribution is -2.36. The molecule has 3 unspecified atom stereocenters. The molecule has 0 radical (unpaired) electrons. The van der Waals surface area contributed by atoms with E-state index < -0.39 is 0 Å². The summed E-state index contributed by atoms with van der Waals surface area (Å²) < 4.78 is 7.24. The minimum Gasteiger partial charge on any atom is -0.332 e. The molecule has 2 heterocycles. The van der Waals surface area contributed by atoms with Crippen molar-refractivity contribution in [3.05, 3.63) is 108 Å². The van der Waals surface area contributed by atoms with Crippen molar-refractivity contribution < 1.29 is 4.57 Å². The predicted octanol–water partition coefficient (Wildman–Crippen LogP) is 6.72. The normalized spacial score (nSPS) is 14.1. The zero-order valence-corrected chi connectivity index (χ0v) is 21.4. The van der Waals surface area contributed by atoms with Crippen molar-refractivity contribution in [2.75, 3.05) is 0 Å². The van der Waals surface area contributed by atoms with Gasteiger partial charge in [0.2, 0.25) is 0 Å². The highest BCUT2D eigenvalue weighted by Crippen LogP contribution is 2.34. The van der Waals surface area contributed by atoms with Crippen LogP contribution in [0.25, 0.3) is 0 Å². The topological polar surface area (TPSA) is 26.6 Å². The van der Waals surface area contributed by atoms with Crippen LogP contribution < -0.4 is 4.57 Å². The summed E-state index contributed by atoms with van der Waals surface area (Å²) in [6.07, 6.45) is 11.9. The first-order valence-corrected chi connectivity index (χ1v) is 12.6. The van der Waals surface area contributed by atoms with Crippen molar-refractivity contribution in [3.8, 4) is 0 Å². The van der Waals surface area contributed by atoms with E-state index in [1.54, 1.807) is 0 Å². The Morgan fingerprint density at radius 2 is 1.59 bits per heavy atom. The zero-order valence-electron chi connectivity index (χ0n) is 21.4. The molecule has 2 aromatic heterocycles. The Balaban J connectivity index is 1.56. The van der Waals surface area contributed by atoms with Crippen molar-refractivity contribution >= 4 is 0 Å². The molecule has 4 rings (SSSR count). The number of nitrogens with zero attached hydrogens (tertiary/aromatic N) is 4. The van der Waals surface area contributed by atoms with Gasteiger partial charge in [0.05, 0.1) is 0 Å². The Kier molecular flexibility index (Phi) is 7.66. The second kappa shape index (κ2) is 10.9. The molecule has 2 aromatic carbocycles. The molecule has 0 saturated heterocycles. The smallest absolute Gasteiger partial charge is 0.253 e. The van der Waals surface area contributed by atoms with E-state index in [-0.39, 0.29) is 0 Å². The molecule has 0 fully saturated rings. The number of rotatable bonds is 10. The number of aryl methyl sites for hydroxylation is 2. The molecule has 4 heteroatoms. The fraction of sp³-hybridized carbons (Fsp3) is 0.400. The van der Waals surface area contributed by atoms with Crippen LogP contribution >= 0.6 is 0 Å². The summed E-state index contributed by atoms with van der Waals surface area (Å²) in [5.74, 6) is 2.89. The van der Waals surface area contributed by atoms with Gasteiger partial charge in [-0.15, -0.1) is 0 Å². The van der Waals surface area contributed by atoms with Gasteiger partial charge < -0.3 is 4.57 Å². The number of hydrogen-bond donors (Lipinski definition) is 0. The third-order valence-corrected chi connectivity index (χ3v) is 7.33. The highest BCUT2D eigenvalue weighted by molar-refractivity contribution is 5.24. The lowest BCUT2D eigenvalue weighted by atomic mass is 9.90. The largest absolute Gasteiger partial charge is 0.332 e. The molecule has 0 spiro atoms. The number of aromatic nitrogens is 4. The number of hydrogen-bond acceptors (Lipinski definition) is 1. The maximum Gasteiger partial charge on any atom is 0.253 e. The van der Waals surface area contributed by atoms with Crippen LogP contribution in [-0.2, 0) is 6.54 Å². The van der Waals surface area contributed by atoms with E-state index in [1.807, 2.05) is 6.20 Å². The number of imidazole rings is 2. The molecule has 178 valence electrons. The standard InChI is InChI=1S/C30H39N4/c1-6-29(34-19-18-32(26(34)5)22-27-10-8-7-9-11-27)21-30(33-17-16-31-25(33)4)20-24(3)28-14-12-23(2)13-15-28/h7-19,24,29-30H,6,20-22H2,1-5H3/q+1. The van der Waals surface area contributed by atoms with Gasteiger partial charge in [0.1, 0.15) is 30.8 Å². The van der Waals surface area contributed by atoms with E-state index in [1.165, 1.54) is 22.5 Å². The maximum atomic E-state index is 4.56. The van der Waals surface area contributed by atoms with Crippen molar-refractivity contribution in [2.45, 2.75) is 78.4 Å². The van der Waals surface area contributed by atoms with Crippen molar-refractivity contribution in [2.24, 2.45) is 0 Å². The van der Waals surface area contributed by atoms with Crippen LogP contribution in [0.1, 0.15) is 79.5 Å². The third kappa shape index (κ3) is 5.49. The molecule has 34 heavy (non-hydrogen) atoms. The lowest BCUT2D eigenvalue weighted by Gasteiger charge is -2.27. The van der Waals surface area contributed by atoms with Crippen LogP contribution in [0.4, 0.5) is 0 Å². The summed E-state index contributed by atoms with van der Waals surface area (Å²) in [7, 11) is 0. The Morgan fingerprint density at radius 3 is 2.24 bits per heavy atom. The van der Waals surface area contributed by atoms with Gasteiger partial charge in [-0.2, -0.15) is 0 Å². The van der Waals surface area contributed by atoms with E-state index >= 15 is 0 Å². The van der Waals surface area contributed by atoms with Crippen LogP contribution in [0.15, 0.2) is 79.4 Å². The molecule has 0 amide bonds. The second-order valence-electron chi connectivity index (χ2n) is 9.75. The van der Waals surface area contributed by atoms with E-state index in [0.29, 0.717) is 18.0 Å². The quantitative estimate of drug-likeness (QED) is 0.244. The molecular weight excluding hydrogens is 416 g/mol. The fourth-order valence-corrected chi connectivity index (χ4v) is 5.18. The van der Waals surface area contributed by atoms with Gasteiger partial charge >= 0.3 is 0 Å². The van der Waals surface area contributed by atoms with Crippen LogP contribution in [0, 0.1) is 20.8 Å². The fourth-order valence-electron chi connectivity index (χ4n) is 5.18. The lowest BCUT2D eigenvalue weighted by molar-refractivity contribution is -0.694. The molecule has 0 saturated carbocycles. The molecule has 3 atom stereocenters. The molecule has 0 bridgehead atoms. The van der Waals surface area contributed by atoms with Crippen molar-refractivity contribution in [3.63, 3.8) is 0 Å². The van der Waals surface area contributed by atoms with Gasteiger partial charge in [-0.25, -0.2) is 14.1 Å². The molecular formula is C30H39N4+. The summed E-state index contributed by atoms with van der Waals surface area (Å²) in [5, 5.41) is 0. The van der Waals surface area contributed by atoms with E-state index in [4.69, 9.17) is 0 Å². The minimum absolute atomic E-state index is 0.396. The van der Waals surface area contributed by atoms with Crippen molar-refractivity contribution in [1.29, 1.82) is 0 Å². The first kappa shape index (κ1) is 24.0. The second-order valence-corrected chi connectivity index (χ2v) is 9.75. The van der Waals surface area contributed by atoms with E-state index in [2.05, 4.69) is 126 Å². The maximum absolute atomic E-state index is 4.56. The van der Waals surface area contributed by atoms with Gasteiger partial charge in [0, 0.05) is 31.8 Å². The first-order valence-electron chi connectivity index (χ1n) is 12.6. The molecule has 0 aliphatic rings. The molecule has 4 aromatic rings.